The van der Waals surface area contributed by atoms with Crippen molar-refractivity contribution >= 4 is 32.6 Å². The lowest BCUT2D eigenvalue weighted by molar-refractivity contribution is 1.30. The van der Waals surface area contributed by atoms with Crippen molar-refractivity contribution < 1.29 is 0 Å². The van der Waals surface area contributed by atoms with Gasteiger partial charge in [-0.25, -0.2) is 4.98 Å². The second-order valence-corrected chi connectivity index (χ2v) is 7.59. The molecule has 31 heavy (non-hydrogen) atoms. The zero-order chi connectivity index (χ0) is 20.8. The number of aromatic amines is 1. The molecule has 0 saturated carbocycles. The number of rotatable bonds is 2. The lowest BCUT2D eigenvalue weighted by Crippen LogP contribution is -1.98. The van der Waals surface area contributed by atoms with Gasteiger partial charge < -0.3 is 4.98 Å². The Morgan fingerprint density at radius 1 is 0.677 bits per heavy atom. The van der Waals surface area contributed by atoms with E-state index >= 15 is 0 Å². The summed E-state index contributed by atoms with van der Waals surface area (Å²) in [5, 5.41) is 4.38. The molecule has 6 aromatic rings. The molecule has 0 atom stereocenters. The van der Waals surface area contributed by atoms with Crippen molar-refractivity contribution in [1.82, 2.24) is 15.0 Å². The number of hydrogen-bond acceptors (Lipinski definition) is 3. The predicted molar refractivity (Wildman–Crippen MR) is 126 cm³/mol. The molecule has 0 aliphatic rings. The first-order valence-corrected chi connectivity index (χ1v) is 10.1. The van der Waals surface area contributed by atoms with E-state index in [0.717, 1.165) is 55.1 Å². The van der Waals surface area contributed by atoms with Crippen LogP contribution < -0.4 is 5.43 Å². The van der Waals surface area contributed by atoms with Gasteiger partial charge in [0.2, 0.25) is 0 Å². The third-order valence-electron chi connectivity index (χ3n) is 5.65. The van der Waals surface area contributed by atoms with Crippen LogP contribution in [0.25, 0.3) is 55.1 Å². The van der Waals surface area contributed by atoms with Crippen LogP contribution in [0, 0.1) is 0 Å². The Balaban J connectivity index is 1.59. The van der Waals surface area contributed by atoms with Gasteiger partial charge in [-0.05, 0) is 29.1 Å². The van der Waals surface area contributed by atoms with Gasteiger partial charge in [0.15, 0.2) is 5.43 Å². The largest absolute Gasteiger partial charge is 0.361 e. The molecule has 3 heterocycles. The lowest BCUT2D eigenvalue weighted by atomic mass is 10.0. The van der Waals surface area contributed by atoms with E-state index < -0.39 is 0 Å². The van der Waals surface area contributed by atoms with Gasteiger partial charge in [-0.2, -0.15) is 0 Å². The molecule has 0 fully saturated rings. The molecular weight excluding hydrogens is 382 g/mol. The van der Waals surface area contributed by atoms with Gasteiger partial charge in [0.1, 0.15) is 0 Å². The standard InChI is InChI=1S/C27H17N3O/c31-22-12-14-28-24(16-22)21-4-1-3-20(15-21)23-11-10-19-9-7-17-6-8-18-5-2-13-29-26(18)25(17)27(19)30-23/h1-16H,(H,28,31). The molecule has 3 aromatic carbocycles. The van der Waals surface area contributed by atoms with Crippen molar-refractivity contribution in [2.24, 2.45) is 0 Å². The monoisotopic (exact) mass is 399 g/mol. The Kier molecular flexibility index (Phi) is 3.90. The summed E-state index contributed by atoms with van der Waals surface area (Å²) in [7, 11) is 0. The highest BCUT2D eigenvalue weighted by molar-refractivity contribution is 6.17. The fraction of sp³-hybridized carbons (Fsp3) is 0. The molecule has 0 bridgehead atoms. The van der Waals surface area contributed by atoms with E-state index in [-0.39, 0.29) is 5.43 Å². The normalized spacial score (nSPS) is 11.4. The van der Waals surface area contributed by atoms with E-state index in [1.165, 1.54) is 6.07 Å². The predicted octanol–water partition coefficient (Wildman–Crippen LogP) is 5.96. The summed E-state index contributed by atoms with van der Waals surface area (Å²) in [6.45, 7) is 0. The van der Waals surface area contributed by atoms with Crippen LogP contribution in [-0.4, -0.2) is 15.0 Å². The fourth-order valence-corrected chi connectivity index (χ4v) is 4.15. The van der Waals surface area contributed by atoms with Gasteiger partial charge in [0, 0.05) is 51.9 Å². The SMILES string of the molecule is O=c1cc[nH]c(-c2cccc(-c3ccc4ccc5ccc6cccnc6c5c4n3)c2)c1. The molecule has 0 saturated heterocycles. The molecule has 0 spiro atoms. The van der Waals surface area contributed by atoms with E-state index in [1.807, 2.05) is 36.5 Å². The maximum atomic E-state index is 11.8. The Morgan fingerprint density at radius 3 is 2.32 bits per heavy atom. The zero-order valence-electron chi connectivity index (χ0n) is 16.5. The van der Waals surface area contributed by atoms with Gasteiger partial charge in [0.25, 0.3) is 0 Å². The van der Waals surface area contributed by atoms with Crippen molar-refractivity contribution in [2.45, 2.75) is 0 Å². The molecular formula is C27H17N3O. The van der Waals surface area contributed by atoms with Gasteiger partial charge in [0.05, 0.1) is 16.7 Å². The quantitative estimate of drug-likeness (QED) is 0.366. The van der Waals surface area contributed by atoms with E-state index in [2.05, 4.69) is 52.4 Å². The number of nitrogens with one attached hydrogen (secondary N) is 1. The van der Waals surface area contributed by atoms with E-state index in [1.54, 1.807) is 12.3 Å². The number of fused-ring (bicyclic) bond motifs is 5. The Hall–Kier alpha value is -4.31. The van der Waals surface area contributed by atoms with E-state index in [4.69, 9.17) is 4.98 Å². The molecule has 3 aromatic heterocycles. The summed E-state index contributed by atoms with van der Waals surface area (Å²) in [5.74, 6) is 0. The number of pyridine rings is 3. The molecule has 0 aliphatic carbocycles. The van der Waals surface area contributed by atoms with Gasteiger partial charge in [-0.1, -0.05) is 54.6 Å². The summed E-state index contributed by atoms with van der Waals surface area (Å²) in [6, 6.07) is 27.8. The summed E-state index contributed by atoms with van der Waals surface area (Å²) >= 11 is 0. The smallest absolute Gasteiger partial charge is 0.182 e. The average Bonchev–Trinajstić information content (AvgIpc) is 2.83. The maximum Gasteiger partial charge on any atom is 0.182 e. The van der Waals surface area contributed by atoms with Crippen LogP contribution in [0.5, 0.6) is 0 Å². The fourth-order valence-electron chi connectivity index (χ4n) is 4.15. The number of H-pyrrole nitrogens is 1. The molecule has 0 aliphatic heterocycles. The van der Waals surface area contributed by atoms with Crippen molar-refractivity contribution in [1.29, 1.82) is 0 Å². The average molecular weight is 399 g/mol. The molecule has 6 rings (SSSR count). The van der Waals surface area contributed by atoms with Crippen molar-refractivity contribution in [3.63, 3.8) is 0 Å². The van der Waals surface area contributed by atoms with E-state index in [9.17, 15) is 4.79 Å². The second kappa shape index (κ2) is 6.89. The van der Waals surface area contributed by atoms with Gasteiger partial charge >= 0.3 is 0 Å². The number of hydrogen-bond donors (Lipinski definition) is 1. The number of nitrogens with zero attached hydrogens (tertiary/aromatic N) is 2. The maximum absolute atomic E-state index is 11.8. The second-order valence-electron chi connectivity index (χ2n) is 7.59. The molecule has 0 unspecified atom stereocenters. The van der Waals surface area contributed by atoms with Crippen LogP contribution in [0.4, 0.5) is 0 Å². The highest BCUT2D eigenvalue weighted by Crippen LogP contribution is 2.32. The molecule has 0 radical (unpaired) electrons. The highest BCUT2D eigenvalue weighted by atomic mass is 16.1. The molecule has 4 heteroatoms. The summed E-state index contributed by atoms with van der Waals surface area (Å²) in [6.07, 6.45) is 3.50. The summed E-state index contributed by atoms with van der Waals surface area (Å²) in [5.41, 5.74) is 5.50. The summed E-state index contributed by atoms with van der Waals surface area (Å²) in [4.78, 5) is 24.6. The topological polar surface area (TPSA) is 58.6 Å². The molecule has 1 N–H and O–H groups in total. The van der Waals surface area contributed by atoms with Crippen molar-refractivity contribution in [3.8, 4) is 22.5 Å². The van der Waals surface area contributed by atoms with Crippen LogP contribution in [0.2, 0.25) is 0 Å². The highest BCUT2D eigenvalue weighted by Gasteiger charge is 2.10. The molecule has 0 amide bonds. The molecule has 146 valence electrons. The van der Waals surface area contributed by atoms with Crippen LogP contribution in [-0.2, 0) is 0 Å². The van der Waals surface area contributed by atoms with Gasteiger partial charge in [-0.3, -0.25) is 9.78 Å². The summed E-state index contributed by atoms with van der Waals surface area (Å²) < 4.78 is 0. The lowest BCUT2D eigenvalue weighted by Gasteiger charge is -2.10. The third kappa shape index (κ3) is 2.97. The van der Waals surface area contributed by atoms with E-state index in [0.29, 0.717) is 0 Å². The Morgan fingerprint density at radius 2 is 1.45 bits per heavy atom. The zero-order valence-corrected chi connectivity index (χ0v) is 16.5. The first-order chi connectivity index (χ1) is 15.3. The van der Waals surface area contributed by atoms with Crippen LogP contribution in [0.15, 0.2) is 102 Å². The first kappa shape index (κ1) is 17.5. The third-order valence-corrected chi connectivity index (χ3v) is 5.65. The van der Waals surface area contributed by atoms with Crippen LogP contribution in [0.1, 0.15) is 0 Å². The Labute approximate surface area is 177 Å². The van der Waals surface area contributed by atoms with Crippen molar-refractivity contribution in [2.75, 3.05) is 0 Å². The minimum atomic E-state index is -0.0196. The minimum absolute atomic E-state index is 0.0196. The van der Waals surface area contributed by atoms with Gasteiger partial charge in [-0.15, -0.1) is 0 Å². The minimum Gasteiger partial charge on any atom is -0.361 e. The van der Waals surface area contributed by atoms with Crippen LogP contribution in [0.3, 0.4) is 0 Å². The van der Waals surface area contributed by atoms with Crippen LogP contribution >= 0.6 is 0 Å². The first-order valence-electron chi connectivity index (χ1n) is 10.1. The van der Waals surface area contributed by atoms with Crippen molar-refractivity contribution in [3.05, 3.63) is 108 Å². The molecule has 4 nitrogen and oxygen atoms in total. The Bertz CT molecular complexity index is 1660. The number of benzene rings is 3. The number of aromatic nitrogens is 3.